The number of aromatic nitrogens is 1. The number of nitrogens with zero attached hydrogens (tertiary/aromatic N) is 2. The molecule has 0 radical (unpaired) electrons. The lowest BCUT2D eigenvalue weighted by Crippen LogP contribution is -2.54. The van der Waals surface area contributed by atoms with Crippen molar-refractivity contribution in [2.24, 2.45) is 0 Å². The summed E-state index contributed by atoms with van der Waals surface area (Å²) in [7, 11) is 0. The third-order valence-corrected chi connectivity index (χ3v) is 4.84. The van der Waals surface area contributed by atoms with Gasteiger partial charge in [-0.25, -0.2) is 9.78 Å². The van der Waals surface area contributed by atoms with Gasteiger partial charge in [0.25, 0.3) is 0 Å². The molecule has 1 aliphatic heterocycles. The molecular weight excluding hydrogens is 318 g/mol. The van der Waals surface area contributed by atoms with E-state index in [1.807, 2.05) is 0 Å². The molecule has 0 bridgehead atoms. The van der Waals surface area contributed by atoms with Crippen molar-refractivity contribution in [1.82, 2.24) is 10.3 Å². The molecule has 3 rings (SSSR count). The van der Waals surface area contributed by atoms with E-state index in [-0.39, 0.29) is 28.6 Å². The van der Waals surface area contributed by atoms with Crippen LogP contribution in [0.3, 0.4) is 0 Å². The minimum absolute atomic E-state index is 0.0143. The van der Waals surface area contributed by atoms with E-state index in [0.29, 0.717) is 18.3 Å². The van der Waals surface area contributed by atoms with E-state index in [1.54, 1.807) is 4.90 Å². The van der Waals surface area contributed by atoms with Crippen LogP contribution in [0, 0.1) is 0 Å². The van der Waals surface area contributed by atoms with Gasteiger partial charge in [0.2, 0.25) is 5.91 Å². The van der Waals surface area contributed by atoms with Crippen molar-refractivity contribution in [2.45, 2.75) is 24.9 Å². The lowest BCUT2D eigenvalue weighted by atomic mass is 10.2. The number of carboxylic acid groups (broad SMARTS) is 1. The first kappa shape index (κ1) is 14.6. The maximum atomic E-state index is 12.3. The first-order valence-electron chi connectivity index (χ1n) is 6.60. The Balaban J connectivity index is 1.81. The summed E-state index contributed by atoms with van der Waals surface area (Å²) in [6.07, 6.45) is 2.01. The summed E-state index contributed by atoms with van der Waals surface area (Å²) in [4.78, 5) is 29.1. The zero-order valence-corrected chi connectivity index (χ0v) is 12.6. The molecule has 1 saturated heterocycles. The number of aromatic carboxylic acids is 1. The molecule has 21 heavy (non-hydrogen) atoms. The van der Waals surface area contributed by atoms with E-state index in [2.05, 4.69) is 10.3 Å². The van der Waals surface area contributed by atoms with Gasteiger partial charge in [-0.2, -0.15) is 0 Å². The molecule has 1 aromatic rings. The number of ether oxygens (including phenoxy) is 1. The van der Waals surface area contributed by atoms with Crippen molar-refractivity contribution in [3.63, 3.8) is 0 Å². The molecule has 9 heteroatoms. The highest BCUT2D eigenvalue weighted by atomic mass is 35.5. The number of anilines is 1. The van der Waals surface area contributed by atoms with Crippen molar-refractivity contribution >= 4 is 39.9 Å². The van der Waals surface area contributed by atoms with Crippen LogP contribution in [-0.4, -0.2) is 53.8 Å². The van der Waals surface area contributed by atoms with Gasteiger partial charge in [0.1, 0.15) is 6.04 Å². The fourth-order valence-electron chi connectivity index (χ4n) is 2.12. The van der Waals surface area contributed by atoms with E-state index in [9.17, 15) is 9.59 Å². The monoisotopic (exact) mass is 331 g/mol. The van der Waals surface area contributed by atoms with E-state index < -0.39 is 12.0 Å². The Morgan fingerprint density at radius 2 is 2.24 bits per heavy atom. The number of amides is 1. The zero-order valence-electron chi connectivity index (χ0n) is 11.0. The standard InChI is InChI=1S/C12H14ClN3O4S/c13-9-8(11(18)19)21-12(15-9)16-3-4-20-5-7(16)10(17)14-6-1-2-6/h6-7H,1-5H2,(H,14,17)(H,18,19). The van der Waals surface area contributed by atoms with Crippen LogP contribution in [0.25, 0.3) is 0 Å². The van der Waals surface area contributed by atoms with Crippen molar-refractivity contribution in [3.05, 3.63) is 10.0 Å². The van der Waals surface area contributed by atoms with Crippen molar-refractivity contribution in [3.8, 4) is 0 Å². The number of morpholine rings is 1. The van der Waals surface area contributed by atoms with Crippen molar-refractivity contribution in [1.29, 1.82) is 0 Å². The van der Waals surface area contributed by atoms with Gasteiger partial charge in [0.05, 0.1) is 13.2 Å². The molecular formula is C12H14ClN3O4S. The second kappa shape index (κ2) is 5.78. The number of nitrogens with one attached hydrogen (secondary N) is 1. The Bertz CT molecular complexity index is 575. The number of hydrogen-bond acceptors (Lipinski definition) is 6. The summed E-state index contributed by atoms with van der Waals surface area (Å²) in [5, 5.41) is 12.4. The van der Waals surface area contributed by atoms with Crippen LogP contribution in [0.15, 0.2) is 0 Å². The van der Waals surface area contributed by atoms with Crippen LogP contribution in [0.1, 0.15) is 22.5 Å². The molecule has 2 N–H and O–H groups in total. The quantitative estimate of drug-likeness (QED) is 0.854. The van der Waals surface area contributed by atoms with Gasteiger partial charge in [-0.05, 0) is 12.8 Å². The Kier molecular flexibility index (Phi) is 4.01. The van der Waals surface area contributed by atoms with Crippen LogP contribution in [-0.2, 0) is 9.53 Å². The average Bonchev–Trinajstić information content (AvgIpc) is 3.18. The minimum Gasteiger partial charge on any atom is -0.477 e. The van der Waals surface area contributed by atoms with Gasteiger partial charge >= 0.3 is 5.97 Å². The molecule has 0 spiro atoms. The number of halogens is 1. The number of hydrogen-bond donors (Lipinski definition) is 2. The van der Waals surface area contributed by atoms with E-state index in [4.69, 9.17) is 21.4 Å². The molecule has 2 fully saturated rings. The number of carbonyl (C=O) groups excluding carboxylic acids is 1. The largest absolute Gasteiger partial charge is 0.477 e. The summed E-state index contributed by atoms with van der Waals surface area (Å²) < 4.78 is 5.37. The summed E-state index contributed by atoms with van der Waals surface area (Å²) in [6, 6.07) is -0.237. The Morgan fingerprint density at radius 3 is 2.86 bits per heavy atom. The normalized spacial score (nSPS) is 22.1. The Labute approximate surface area is 129 Å². The maximum absolute atomic E-state index is 12.3. The fourth-order valence-corrected chi connectivity index (χ4v) is 3.32. The number of thiazole rings is 1. The summed E-state index contributed by atoms with van der Waals surface area (Å²) >= 11 is 6.82. The zero-order chi connectivity index (χ0) is 15.0. The third-order valence-electron chi connectivity index (χ3n) is 3.37. The average molecular weight is 332 g/mol. The molecule has 1 saturated carbocycles. The van der Waals surface area contributed by atoms with Crippen LogP contribution < -0.4 is 10.2 Å². The minimum atomic E-state index is -1.11. The molecule has 114 valence electrons. The molecule has 0 aromatic carbocycles. The second-order valence-electron chi connectivity index (χ2n) is 4.99. The summed E-state index contributed by atoms with van der Waals surface area (Å²) in [6.45, 7) is 1.20. The fraction of sp³-hybridized carbons (Fsp3) is 0.583. The molecule has 1 aromatic heterocycles. The van der Waals surface area contributed by atoms with Gasteiger partial charge in [0.15, 0.2) is 15.2 Å². The lowest BCUT2D eigenvalue weighted by Gasteiger charge is -2.34. The highest BCUT2D eigenvalue weighted by Crippen LogP contribution is 2.32. The highest BCUT2D eigenvalue weighted by Gasteiger charge is 2.35. The SMILES string of the molecule is O=C(O)c1sc(N2CCOCC2C(=O)NC2CC2)nc1Cl. The second-order valence-corrected chi connectivity index (χ2v) is 6.32. The van der Waals surface area contributed by atoms with Crippen molar-refractivity contribution < 1.29 is 19.4 Å². The number of rotatable bonds is 4. The van der Waals surface area contributed by atoms with Gasteiger partial charge < -0.3 is 20.1 Å². The van der Waals surface area contributed by atoms with Gasteiger partial charge in [-0.1, -0.05) is 22.9 Å². The van der Waals surface area contributed by atoms with Crippen LogP contribution in [0.5, 0.6) is 0 Å². The molecule has 2 heterocycles. The predicted octanol–water partition coefficient (Wildman–Crippen LogP) is 0.978. The molecule has 2 aliphatic rings. The van der Waals surface area contributed by atoms with E-state index in [0.717, 1.165) is 24.2 Å². The van der Waals surface area contributed by atoms with E-state index >= 15 is 0 Å². The van der Waals surface area contributed by atoms with Crippen molar-refractivity contribution in [2.75, 3.05) is 24.7 Å². The van der Waals surface area contributed by atoms with E-state index in [1.165, 1.54) is 0 Å². The number of carbonyl (C=O) groups is 2. The first-order valence-corrected chi connectivity index (χ1v) is 7.80. The molecule has 1 amide bonds. The first-order chi connectivity index (χ1) is 10.1. The third kappa shape index (κ3) is 3.12. The molecule has 7 nitrogen and oxygen atoms in total. The molecule has 1 unspecified atom stereocenters. The Morgan fingerprint density at radius 1 is 1.48 bits per heavy atom. The van der Waals surface area contributed by atoms with Gasteiger partial charge in [0, 0.05) is 12.6 Å². The Hall–Kier alpha value is -1.38. The van der Waals surface area contributed by atoms with Gasteiger partial charge in [-0.3, -0.25) is 4.79 Å². The highest BCUT2D eigenvalue weighted by molar-refractivity contribution is 7.18. The van der Waals surface area contributed by atoms with Crippen LogP contribution in [0.4, 0.5) is 5.13 Å². The predicted molar refractivity (Wildman–Crippen MR) is 77.2 cm³/mol. The van der Waals surface area contributed by atoms with Crippen LogP contribution >= 0.6 is 22.9 Å². The van der Waals surface area contributed by atoms with Gasteiger partial charge in [-0.15, -0.1) is 0 Å². The topological polar surface area (TPSA) is 91.8 Å². The maximum Gasteiger partial charge on any atom is 0.349 e. The summed E-state index contributed by atoms with van der Waals surface area (Å²) in [5.41, 5.74) is 0. The molecule has 1 aliphatic carbocycles. The van der Waals surface area contributed by atoms with Crippen LogP contribution in [0.2, 0.25) is 5.15 Å². The number of carboxylic acids is 1. The summed E-state index contributed by atoms with van der Waals surface area (Å²) in [5.74, 6) is -1.23. The smallest absolute Gasteiger partial charge is 0.349 e. The molecule has 1 atom stereocenters. The lowest BCUT2D eigenvalue weighted by molar-refractivity contribution is -0.124.